The predicted octanol–water partition coefficient (Wildman–Crippen LogP) is -0.755. The molecule has 0 fully saturated rings. The van der Waals surface area contributed by atoms with Gasteiger partial charge in [-0.15, -0.1) is 0 Å². The zero-order valence-corrected chi connectivity index (χ0v) is 9.99. The summed E-state index contributed by atoms with van der Waals surface area (Å²) in [6.45, 7) is 2.06. The first-order valence-electron chi connectivity index (χ1n) is 5.12. The van der Waals surface area contributed by atoms with Crippen LogP contribution in [0.1, 0.15) is 13.3 Å². The van der Waals surface area contributed by atoms with Crippen LogP contribution in [-0.4, -0.2) is 51.3 Å². The van der Waals surface area contributed by atoms with Crippen LogP contribution in [0.4, 0.5) is 0 Å². The Kier molecular flexibility index (Phi) is 8.67. The van der Waals surface area contributed by atoms with Gasteiger partial charge in [-0.25, -0.2) is 4.79 Å². The maximum Gasteiger partial charge on any atom is 0.344 e. The van der Waals surface area contributed by atoms with Crippen LogP contribution in [0.2, 0.25) is 0 Å². The highest BCUT2D eigenvalue weighted by molar-refractivity contribution is 5.76. The summed E-state index contributed by atoms with van der Waals surface area (Å²) in [5, 5.41) is 2.88. The maximum absolute atomic E-state index is 11.0. The Labute approximate surface area is 99.4 Å². The molecule has 0 bridgehead atoms. The van der Waals surface area contributed by atoms with Crippen LogP contribution in [0.3, 0.4) is 0 Å². The zero-order chi connectivity index (χ0) is 13.1. The quantitative estimate of drug-likeness (QED) is 0.342. The smallest absolute Gasteiger partial charge is 0.344 e. The van der Waals surface area contributed by atoms with Crippen molar-refractivity contribution < 1.29 is 28.6 Å². The first kappa shape index (κ1) is 15.4. The summed E-state index contributed by atoms with van der Waals surface area (Å²) in [6.07, 6.45) is 0.136. The van der Waals surface area contributed by atoms with E-state index in [1.807, 2.05) is 0 Å². The fourth-order valence-corrected chi connectivity index (χ4v) is 0.853. The lowest BCUT2D eigenvalue weighted by atomic mass is 10.4. The second-order valence-corrected chi connectivity index (χ2v) is 3.08. The molecule has 0 aliphatic rings. The average Bonchev–Trinajstić information content (AvgIpc) is 2.30. The number of carbonyl (C=O) groups excluding carboxylic acids is 3. The Morgan fingerprint density at radius 2 is 1.76 bits per heavy atom. The highest BCUT2D eigenvalue weighted by Gasteiger charge is 2.06. The summed E-state index contributed by atoms with van der Waals surface area (Å²) in [6, 6.07) is 0. The number of rotatable bonds is 8. The number of nitrogens with one attached hydrogen (secondary N) is 1. The van der Waals surface area contributed by atoms with Gasteiger partial charge in [0.25, 0.3) is 0 Å². The summed E-state index contributed by atoms with van der Waals surface area (Å²) >= 11 is 0. The van der Waals surface area contributed by atoms with Crippen molar-refractivity contribution in [1.82, 2.24) is 5.32 Å². The highest BCUT2D eigenvalue weighted by atomic mass is 16.6. The highest BCUT2D eigenvalue weighted by Crippen LogP contribution is 1.86. The van der Waals surface area contributed by atoms with Gasteiger partial charge in [0.1, 0.15) is 6.61 Å². The molecule has 0 atom stereocenters. The van der Waals surface area contributed by atoms with Gasteiger partial charge in [0.2, 0.25) is 0 Å². The van der Waals surface area contributed by atoms with Crippen LogP contribution in [0.25, 0.3) is 0 Å². The minimum absolute atomic E-state index is 0.136. The summed E-state index contributed by atoms with van der Waals surface area (Å²) in [5.74, 6) is -1.43. The molecule has 0 aromatic carbocycles. The second kappa shape index (κ2) is 9.59. The lowest BCUT2D eigenvalue weighted by molar-refractivity contribution is -0.156. The summed E-state index contributed by atoms with van der Waals surface area (Å²) in [4.78, 5) is 32.1. The van der Waals surface area contributed by atoms with Gasteiger partial charge in [-0.3, -0.25) is 9.59 Å². The Morgan fingerprint density at radius 1 is 1.06 bits per heavy atom. The largest absolute Gasteiger partial charge is 0.466 e. The average molecular weight is 247 g/mol. The molecule has 0 saturated heterocycles. The van der Waals surface area contributed by atoms with Crippen LogP contribution >= 0.6 is 0 Å². The van der Waals surface area contributed by atoms with Crippen molar-refractivity contribution in [3.63, 3.8) is 0 Å². The van der Waals surface area contributed by atoms with E-state index in [0.717, 1.165) is 0 Å². The fraction of sp³-hybridized carbons (Fsp3) is 0.700. The Hall–Kier alpha value is -1.63. The molecule has 0 spiro atoms. The predicted molar refractivity (Wildman–Crippen MR) is 57.1 cm³/mol. The zero-order valence-electron chi connectivity index (χ0n) is 9.99. The summed E-state index contributed by atoms with van der Waals surface area (Å²) in [5.41, 5.74) is 0. The van der Waals surface area contributed by atoms with Crippen molar-refractivity contribution in [2.75, 3.05) is 33.4 Å². The van der Waals surface area contributed by atoms with E-state index < -0.39 is 11.9 Å². The van der Waals surface area contributed by atoms with E-state index in [-0.39, 0.29) is 25.6 Å². The van der Waals surface area contributed by atoms with E-state index >= 15 is 0 Å². The van der Waals surface area contributed by atoms with Crippen molar-refractivity contribution in [1.29, 1.82) is 0 Å². The van der Waals surface area contributed by atoms with Gasteiger partial charge in [0, 0.05) is 20.0 Å². The van der Waals surface area contributed by atoms with E-state index in [0.29, 0.717) is 13.1 Å². The molecule has 0 aliphatic heterocycles. The van der Waals surface area contributed by atoms with Gasteiger partial charge in [-0.1, -0.05) is 0 Å². The molecule has 0 heterocycles. The number of carbonyl (C=O) groups is 3. The number of hydrogen-bond donors (Lipinski definition) is 1. The number of methoxy groups -OCH3 is 1. The van der Waals surface area contributed by atoms with E-state index in [1.54, 1.807) is 0 Å². The van der Waals surface area contributed by atoms with E-state index in [4.69, 9.17) is 0 Å². The molecular formula is C10H17NO6. The van der Waals surface area contributed by atoms with Crippen LogP contribution in [0.15, 0.2) is 0 Å². The molecule has 7 nitrogen and oxygen atoms in total. The summed E-state index contributed by atoms with van der Waals surface area (Å²) < 4.78 is 13.6. The topological polar surface area (TPSA) is 90.9 Å². The first-order valence-corrected chi connectivity index (χ1v) is 5.12. The Balaban J connectivity index is 3.33. The maximum atomic E-state index is 11.0. The van der Waals surface area contributed by atoms with Crippen LogP contribution in [0, 0.1) is 0 Å². The monoisotopic (exact) mass is 247 g/mol. The van der Waals surface area contributed by atoms with E-state index in [2.05, 4.69) is 19.5 Å². The van der Waals surface area contributed by atoms with Crippen molar-refractivity contribution in [3.8, 4) is 0 Å². The minimum Gasteiger partial charge on any atom is -0.466 e. The molecular weight excluding hydrogens is 230 g/mol. The van der Waals surface area contributed by atoms with Crippen molar-refractivity contribution in [2.24, 2.45) is 0 Å². The first-order chi connectivity index (χ1) is 8.06. The minimum atomic E-state index is -0.596. The molecule has 0 saturated carbocycles. The third-order valence-electron chi connectivity index (χ3n) is 1.67. The van der Waals surface area contributed by atoms with E-state index in [1.165, 1.54) is 14.0 Å². The lowest BCUT2D eigenvalue weighted by Gasteiger charge is -2.05. The molecule has 0 rings (SSSR count). The molecule has 17 heavy (non-hydrogen) atoms. The molecule has 7 heteroatoms. The van der Waals surface area contributed by atoms with Crippen LogP contribution in [-0.2, 0) is 28.6 Å². The van der Waals surface area contributed by atoms with Gasteiger partial charge in [0.05, 0.1) is 13.5 Å². The lowest BCUT2D eigenvalue weighted by Crippen LogP contribution is -2.25. The molecule has 0 unspecified atom stereocenters. The standard InChI is InChI=1S/C10H17NO6/c1-8(12)16-6-5-11-4-3-9(13)17-7-10(14)15-2/h11H,3-7H2,1-2H3. The second-order valence-electron chi connectivity index (χ2n) is 3.08. The molecule has 0 aromatic rings. The molecule has 1 N–H and O–H groups in total. The van der Waals surface area contributed by atoms with Crippen LogP contribution < -0.4 is 5.32 Å². The number of ether oxygens (including phenoxy) is 3. The Bertz CT molecular complexity index is 266. The number of hydrogen-bond acceptors (Lipinski definition) is 7. The van der Waals surface area contributed by atoms with Crippen molar-refractivity contribution in [3.05, 3.63) is 0 Å². The third kappa shape index (κ3) is 10.6. The van der Waals surface area contributed by atoms with Gasteiger partial charge in [0.15, 0.2) is 6.61 Å². The van der Waals surface area contributed by atoms with E-state index in [9.17, 15) is 14.4 Å². The molecule has 0 aromatic heterocycles. The van der Waals surface area contributed by atoms with Crippen molar-refractivity contribution in [2.45, 2.75) is 13.3 Å². The van der Waals surface area contributed by atoms with Crippen LogP contribution in [0.5, 0.6) is 0 Å². The Morgan fingerprint density at radius 3 is 2.35 bits per heavy atom. The molecule has 0 aliphatic carbocycles. The van der Waals surface area contributed by atoms with Gasteiger partial charge < -0.3 is 19.5 Å². The van der Waals surface area contributed by atoms with Crippen molar-refractivity contribution >= 4 is 17.9 Å². The number of esters is 3. The fourth-order valence-electron chi connectivity index (χ4n) is 0.853. The van der Waals surface area contributed by atoms with Gasteiger partial charge in [-0.2, -0.15) is 0 Å². The van der Waals surface area contributed by atoms with Gasteiger partial charge in [-0.05, 0) is 0 Å². The van der Waals surface area contributed by atoms with Gasteiger partial charge >= 0.3 is 17.9 Å². The molecule has 98 valence electrons. The summed E-state index contributed by atoms with van der Waals surface area (Å²) in [7, 11) is 1.22. The third-order valence-corrected chi connectivity index (χ3v) is 1.67. The SMILES string of the molecule is COC(=O)COC(=O)CCNCCOC(C)=O. The molecule has 0 amide bonds. The normalized spacial score (nSPS) is 9.53. The molecule has 0 radical (unpaired) electrons.